The summed E-state index contributed by atoms with van der Waals surface area (Å²) in [5.41, 5.74) is 7.38. The van der Waals surface area contributed by atoms with Crippen LogP contribution in [0.1, 0.15) is 110 Å². The van der Waals surface area contributed by atoms with Crippen LogP contribution in [-0.2, 0) is 14.4 Å². The van der Waals surface area contributed by atoms with E-state index in [9.17, 15) is 14.4 Å². The molecule has 0 spiro atoms. The third kappa shape index (κ3) is 29.0. The molecule has 11 heteroatoms. The van der Waals surface area contributed by atoms with E-state index in [1.165, 1.54) is 38.5 Å². The fraction of sp³-hybridized carbons (Fsp3) is 0.694. The van der Waals surface area contributed by atoms with Crippen LogP contribution in [0.3, 0.4) is 0 Å². The highest BCUT2D eigenvalue weighted by Crippen LogP contribution is 2.16. The lowest BCUT2D eigenvalue weighted by Crippen LogP contribution is -2.38. The zero-order valence-corrected chi connectivity index (χ0v) is 32.0. The van der Waals surface area contributed by atoms with E-state index in [1.807, 2.05) is 84.9 Å². The minimum atomic E-state index is -0.250. The third-order valence-corrected chi connectivity index (χ3v) is 7.37. The topological polar surface area (TPSA) is 145 Å². The van der Waals surface area contributed by atoms with Gasteiger partial charge in [-0.25, -0.2) is 0 Å². The summed E-state index contributed by atoms with van der Waals surface area (Å²) in [5.74, 6) is 1.19. The summed E-state index contributed by atoms with van der Waals surface area (Å²) < 4.78 is 0. The molecule has 47 heavy (non-hydrogen) atoms. The van der Waals surface area contributed by atoms with Crippen LogP contribution in [0, 0.1) is 11.8 Å². The monoisotopic (exact) mass is 684 g/mol. The minimum Gasteiger partial charge on any atom is -0.483 e. The summed E-state index contributed by atoms with van der Waals surface area (Å²) in [6.45, 7) is 16.7. The summed E-state index contributed by atoms with van der Waals surface area (Å²) in [7, 11) is 5.81. The first kappa shape index (κ1) is 51.0. The molecule has 10 nitrogen and oxygen atoms in total. The van der Waals surface area contributed by atoms with E-state index in [-0.39, 0.29) is 24.3 Å². The number of benzene rings is 1. The van der Waals surface area contributed by atoms with Crippen LogP contribution in [-0.4, -0.2) is 93.3 Å². The van der Waals surface area contributed by atoms with Crippen molar-refractivity contribution in [3.63, 3.8) is 0 Å². The van der Waals surface area contributed by atoms with Crippen LogP contribution in [0.2, 0.25) is 0 Å². The highest BCUT2D eigenvalue weighted by molar-refractivity contribution is 7.79. The van der Waals surface area contributed by atoms with Crippen molar-refractivity contribution in [1.82, 2.24) is 15.5 Å². The Morgan fingerprint density at radius 1 is 1.06 bits per heavy atom. The van der Waals surface area contributed by atoms with Gasteiger partial charge in [0, 0.05) is 43.8 Å². The van der Waals surface area contributed by atoms with E-state index >= 15 is 0 Å². The SMILES string of the molecule is CC.CCCCCCCC(C)CN.CCNC=O.CNC(C(=O)c1ccc(N(C)C)cc1)C(C)C.O=CN1CCC[C@H]1C=S.O=CO. The lowest BCUT2D eigenvalue weighted by Gasteiger charge is -2.19. The number of nitrogens with two attached hydrogens (primary N) is 1. The minimum absolute atomic E-state index is 0.111. The number of anilines is 1. The Balaban J connectivity index is -0.000000268. The van der Waals surface area contributed by atoms with Crippen molar-refractivity contribution in [3.8, 4) is 0 Å². The smallest absolute Gasteiger partial charge is 0.290 e. The molecule has 1 aliphatic rings. The van der Waals surface area contributed by atoms with Crippen molar-refractivity contribution in [2.24, 2.45) is 17.6 Å². The van der Waals surface area contributed by atoms with Crippen LogP contribution in [0.4, 0.5) is 5.69 Å². The summed E-state index contributed by atoms with van der Waals surface area (Å²) in [4.78, 5) is 43.9. The number of Topliss-reactive ketones (excluding diaryl/α,β-unsaturated/α-hetero) is 1. The van der Waals surface area contributed by atoms with Gasteiger partial charge in [-0.15, -0.1) is 0 Å². The van der Waals surface area contributed by atoms with Gasteiger partial charge in [-0.3, -0.25) is 19.2 Å². The Labute approximate surface area is 292 Å². The molecule has 1 fully saturated rings. The number of likely N-dealkylation sites (tertiary alicyclic amines) is 1. The number of hydrogen-bond donors (Lipinski definition) is 4. The number of rotatable bonds is 16. The molecule has 1 aromatic rings. The lowest BCUT2D eigenvalue weighted by atomic mass is 9.95. The molecule has 2 unspecified atom stereocenters. The number of unbranched alkanes of at least 4 members (excludes halogenated alkanes) is 4. The molecule has 0 aliphatic carbocycles. The van der Waals surface area contributed by atoms with E-state index in [0.717, 1.165) is 56.1 Å². The maximum atomic E-state index is 12.2. The molecule has 0 radical (unpaired) electrons. The molecule has 1 saturated heterocycles. The van der Waals surface area contributed by atoms with Crippen LogP contribution in [0.5, 0.6) is 0 Å². The van der Waals surface area contributed by atoms with Gasteiger partial charge in [-0.2, -0.15) is 0 Å². The van der Waals surface area contributed by atoms with Crippen molar-refractivity contribution in [3.05, 3.63) is 29.8 Å². The van der Waals surface area contributed by atoms with Gasteiger partial charge in [0.2, 0.25) is 12.8 Å². The largest absolute Gasteiger partial charge is 0.483 e. The molecule has 0 bridgehead atoms. The van der Waals surface area contributed by atoms with Gasteiger partial charge in [0.25, 0.3) is 6.47 Å². The number of likely N-dealkylation sites (N-methyl/N-ethyl adjacent to an activating group) is 1. The van der Waals surface area contributed by atoms with E-state index in [4.69, 9.17) is 27.9 Å². The van der Waals surface area contributed by atoms with Crippen LogP contribution in [0.15, 0.2) is 24.3 Å². The van der Waals surface area contributed by atoms with E-state index in [2.05, 4.69) is 24.5 Å². The second kappa shape index (κ2) is 37.6. The highest BCUT2D eigenvalue weighted by Gasteiger charge is 2.21. The molecule has 1 aliphatic heterocycles. The number of carbonyl (C=O) groups is 4. The lowest BCUT2D eigenvalue weighted by molar-refractivity contribution is -0.123. The number of nitrogens with one attached hydrogen (secondary N) is 2. The Morgan fingerprint density at radius 2 is 1.62 bits per heavy atom. The summed E-state index contributed by atoms with van der Waals surface area (Å²) in [6, 6.07) is 7.85. The van der Waals surface area contributed by atoms with Crippen molar-refractivity contribution < 1.29 is 24.3 Å². The Hall–Kier alpha value is -2.89. The van der Waals surface area contributed by atoms with Gasteiger partial charge in [0.05, 0.1) is 12.1 Å². The fourth-order valence-corrected chi connectivity index (χ4v) is 4.55. The van der Waals surface area contributed by atoms with Gasteiger partial charge in [-0.1, -0.05) is 85.9 Å². The Kier molecular flexibility index (Phi) is 40.7. The normalized spacial score (nSPS) is 13.8. The van der Waals surface area contributed by atoms with E-state index < -0.39 is 0 Å². The molecular formula is C36H69N5O5S. The van der Waals surface area contributed by atoms with Crippen molar-refractivity contribution in [1.29, 1.82) is 0 Å². The van der Waals surface area contributed by atoms with Gasteiger partial charge in [0.1, 0.15) is 0 Å². The molecule has 274 valence electrons. The number of carbonyl (C=O) groups excluding carboxylic acids is 3. The predicted octanol–water partition coefficient (Wildman–Crippen LogP) is 6.21. The molecule has 2 amide bonds. The standard InChI is InChI=1S/C14H22N2O.C10H23N.C6H9NOS.C3H7NO.C2H6.CH2O2/c1-10(2)13(15-3)14(17)11-6-8-12(9-7-11)16(4)5;1-3-4-5-6-7-8-10(2)9-11;8-5-7-3-1-2-6(7)4-9;1-2-4-3-5;1-2;2-1-3/h6-10,13,15H,1-5H3;10H,3-9,11H2,1-2H3;4-6H,1-3H2;3H,2H2,1H3,(H,4,5);1-2H3;1H,(H,2,3)/t;;6-;;;/m..0.../s1. The third-order valence-electron chi connectivity index (χ3n) is 7.05. The molecule has 0 aromatic heterocycles. The van der Waals surface area contributed by atoms with Gasteiger partial charge in [-0.05, 0) is 75.9 Å². The molecule has 0 saturated carbocycles. The average molecular weight is 684 g/mol. The molecular weight excluding hydrogens is 614 g/mol. The molecule has 2 rings (SSSR count). The van der Waals surface area contributed by atoms with Gasteiger partial charge >= 0.3 is 0 Å². The molecule has 1 heterocycles. The zero-order chi connectivity index (χ0) is 37.0. The number of thiocarbonyl (C=S) groups is 1. The van der Waals surface area contributed by atoms with Crippen molar-refractivity contribution >= 4 is 48.3 Å². The Morgan fingerprint density at radius 3 is 1.96 bits per heavy atom. The second-order valence-corrected chi connectivity index (χ2v) is 11.6. The average Bonchev–Trinajstić information content (AvgIpc) is 3.55. The maximum absolute atomic E-state index is 12.2. The second-order valence-electron chi connectivity index (χ2n) is 11.3. The predicted molar refractivity (Wildman–Crippen MR) is 204 cm³/mol. The molecule has 5 N–H and O–H groups in total. The fourth-order valence-electron chi connectivity index (χ4n) is 4.26. The van der Waals surface area contributed by atoms with Crippen molar-refractivity contribution in [2.75, 3.05) is 45.7 Å². The quantitative estimate of drug-likeness (QED) is 0.0692. The number of nitrogens with zero attached hydrogens (tertiary/aromatic N) is 2. The first-order valence-corrected chi connectivity index (χ1v) is 17.6. The number of hydrogen-bond acceptors (Lipinski definition) is 8. The number of carboxylic acid groups (broad SMARTS) is 1. The molecule has 3 atom stereocenters. The Bertz CT molecular complexity index is 858. The summed E-state index contributed by atoms with van der Waals surface area (Å²) >= 11 is 4.73. The van der Waals surface area contributed by atoms with Gasteiger partial charge < -0.3 is 31.3 Å². The summed E-state index contributed by atoms with van der Waals surface area (Å²) in [6.07, 6.45) is 11.9. The first-order valence-electron chi connectivity index (χ1n) is 17.1. The molecule has 1 aromatic carbocycles. The van der Waals surface area contributed by atoms with E-state index in [0.29, 0.717) is 12.3 Å². The van der Waals surface area contributed by atoms with E-state index in [1.54, 1.807) is 10.3 Å². The van der Waals surface area contributed by atoms with Crippen LogP contribution >= 0.6 is 12.2 Å². The highest BCUT2D eigenvalue weighted by atomic mass is 32.1. The van der Waals surface area contributed by atoms with Gasteiger partial charge in [0.15, 0.2) is 5.78 Å². The van der Waals surface area contributed by atoms with Crippen LogP contribution < -0.4 is 21.3 Å². The van der Waals surface area contributed by atoms with Crippen LogP contribution in [0.25, 0.3) is 0 Å². The number of amides is 2. The first-order chi connectivity index (χ1) is 22.5. The van der Waals surface area contributed by atoms with Crippen molar-refractivity contribution in [2.45, 2.75) is 112 Å². The number of ketones is 1. The zero-order valence-electron chi connectivity index (χ0n) is 31.2. The maximum Gasteiger partial charge on any atom is 0.290 e. The summed E-state index contributed by atoms with van der Waals surface area (Å²) in [5, 5.41) is 14.1.